The number of aryl methyl sites for hydroxylation is 2. The number of anilines is 3. The highest BCUT2D eigenvalue weighted by Gasteiger charge is 2.26. The maximum atomic E-state index is 15.1. The van der Waals surface area contributed by atoms with E-state index in [9.17, 15) is 9.59 Å². The van der Waals surface area contributed by atoms with E-state index >= 15 is 4.39 Å². The van der Waals surface area contributed by atoms with Gasteiger partial charge in [-0.05, 0) is 94.0 Å². The molecule has 6 nitrogen and oxygen atoms in total. The van der Waals surface area contributed by atoms with Crippen LogP contribution in [-0.4, -0.2) is 30.8 Å². The van der Waals surface area contributed by atoms with Crippen LogP contribution in [0.3, 0.4) is 0 Å². The van der Waals surface area contributed by atoms with E-state index in [1.807, 2.05) is 24.3 Å². The average Bonchev–Trinajstić information content (AvgIpc) is 2.90. The third-order valence-electron chi connectivity index (χ3n) is 6.54. The van der Waals surface area contributed by atoms with Gasteiger partial charge in [0.25, 0.3) is 0 Å². The molecule has 1 amide bonds. The van der Waals surface area contributed by atoms with E-state index in [0.717, 1.165) is 36.3 Å². The molecular formula is C32H37FN2O4. The number of amides is 1. The number of benzene rings is 3. The second-order valence-corrected chi connectivity index (χ2v) is 10.7. The lowest BCUT2D eigenvalue weighted by atomic mass is 9.98. The topological polar surface area (TPSA) is 59.1 Å². The molecule has 0 saturated carbocycles. The SMILES string of the molecule is CCOC(=O)CCc1ccc(N(Cc2ccc3c(c2)N(c2ccccc2)CCC3)C(=O)OC(C)(C)C)cc1F. The van der Waals surface area contributed by atoms with Crippen molar-refractivity contribution in [1.29, 1.82) is 0 Å². The standard InChI is InChI=1S/C32H37FN2O4/c1-5-38-30(36)18-16-24-15-17-27(21-28(24)33)35(31(37)39-32(2,3)4)22-23-13-14-25-10-9-19-34(29(25)20-23)26-11-7-6-8-12-26/h6-8,11-15,17,20-21H,5,9-10,16,18-19,22H2,1-4H3. The van der Waals surface area contributed by atoms with Crippen molar-refractivity contribution in [3.63, 3.8) is 0 Å². The molecule has 1 aliphatic heterocycles. The predicted octanol–water partition coefficient (Wildman–Crippen LogP) is 7.35. The van der Waals surface area contributed by atoms with E-state index in [-0.39, 0.29) is 32.0 Å². The fraction of sp³-hybridized carbons (Fsp3) is 0.375. The summed E-state index contributed by atoms with van der Waals surface area (Å²) in [5.74, 6) is -0.848. The molecule has 0 unspecified atom stereocenters. The molecule has 3 aromatic rings. The average molecular weight is 533 g/mol. The van der Waals surface area contributed by atoms with E-state index in [1.165, 1.54) is 16.5 Å². The number of rotatable bonds is 8. The van der Waals surface area contributed by atoms with Crippen LogP contribution >= 0.6 is 0 Å². The van der Waals surface area contributed by atoms with Crippen LogP contribution in [0.1, 0.15) is 57.2 Å². The molecule has 7 heteroatoms. The summed E-state index contributed by atoms with van der Waals surface area (Å²) in [5.41, 5.74) is 4.48. The molecule has 0 atom stereocenters. The predicted molar refractivity (Wildman–Crippen MR) is 152 cm³/mol. The van der Waals surface area contributed by atoms with Gasteiger partial charge in [0.2, 0.25) is 0 Å². The van der Waals surface area contributed by atoms with Gasteiger partial charge in [0.15, 0.2) is 0 Å². The number of halogens is 1. The van der Waals surface area contributed by atoms with Gasteiger partial charge in [-0.25, -0.2) is 9.18 Å². The van der Waals surface area contributed by atoms with Gasteiger partial charge in [-0.1, -0.05) is 36.4 Å². The van der Waals surface area contributed by atoms with Crippen LogP contribution in [0.25, 0.3) is 0 Å². The molecule has 0 radical (unpaired) electrons. The monoisotopic (exact) mass is 532 g/mol. The molecule has 0 aromatic heterocycles. The van der Waals surface area contributed by atoms with Crippen LogP contribution < -0.4 is 9.80 Å². The van der Waals surface area contributed by atoms with Crippen LogP contribution in [-0.2, 0) is 33.7 Å². The van der Waals surface area contributed by atoms with Crippen LogP contribution in [0.5, 0.6) is 0 Å². The Kier molecular flexibility index (Phi) is 8.90. The first-order chi connectivity index (χ1) is 18.6. The van der Waals surface area contributed by atoms with Crippen molar-refractivity contribution in [3.8, 4) is 0 Å². The van der Waals surface area contributed by atoms with Crippen molar-refractivity contribution < 1.29 is 23.5 Å². The van der Waals surface area contributed by atoms with Crippen molar-refractivity contribution in [1.82, 2.24) is 0 Å². The number of esters is 1. The first-order valence-electron chi connectivity index (χ1n) is 13.5. The van der Waals surface area contributed by atoms with E-state index in [1.54, 1.807) is 39.8 Å². The van der Waals surface area contributed by atoms with Gasteiger partial charge in [-0.15, -0.1) is 0 Å². The minimum absolute atomic E-state index is 0.0902. The third kappa shape index (κ3) is 7.37. The molecule has 0 N–H and O–H groups in total. The molecule has 1 heterocycles. The van der Waals surface area contributed by atoms with E-state index < -0.39 is 17.5 Å². The number of para-hydroxylation sites is 1. The summed E-state index contributed by atoms with van der Waals surface area (Å²) < 4.78 is 25.8. The van der Waals surface area contributed by atoms with E-state index in [0.29, 0.717) is 11.3 Å². The Bertz CT molecular complexity index is 1300. The summed E-state index contributed by atoms with van der Waals surface area (Å²) >= 11 is 0. The molecule has 1 aliphatic rings. The van der Waals surface area contributed by atoms with Crippen molar-refractivity contribution in [2.45, 2.75) is 65.5 Å². The van der Waals surface area contributed by atoms with E-state index in [4.69, 9.17) is 9.47 Å². The van der Waals surface area contributed by atoms with Gasteiger partial charge in [0, 0.05) is 24.3 Å². The second kappa shape index (κ2) is 12.3. The number of nitrogens with zero attached hydrogens (tertiary/aromatic N) is 2. The Morgan fingerprint density at radius 2 is 1.79 bits per heavy atom. The molecule has 206 valence electrons. The molecule has 0 aliphatic carbocycles. The molecule has 3 aromatic carbocycles. The van der Waals surface area contributed by atoms with Crippen LogP contribution in [0.4, 0.5) is 26.2 Å². The summed E-state index contributed by atoms with van der Waals surface area (Å²) in [6.45, 7) is 8.56. The molecule has 0 saturated heterocycles. The van der Waals surface area contributed by atoms with Gasteiger partial charge >= 0.3 is 12.1 Å². The van der Waals surface area contributed by atoms with Crippen LogP contribution in [0.2, 0.25) is 0 Å². The first kappa shape index (κ1) is 28.1. The highest BCUT2D eigenvalue weighted by atomic mass is 19.1. The zero-order chi connectivity index (χ0) is 28.0. The zero-order valence-corrected chi connectivity index (χ0v) is 23.2. The Morgan fingerprint density at radius 3 is 2.49 bits per heavy atom. The van der Waals surface area contributed by atoms with Crippen LogP contribution in [0, 0.1) is 5.82 Å². The normalized spacial score (nSPS) is 13.0. The molecule has 4 rings (SSSR count). The van der Waals surface area contributed by atoms with Gasteiger partial charge in [0.05, 0.1) is 18.8 Å². The number of hydrogen-bond donors (Lipinski definition) is 0. The van der Waals surface area contributed by atoms with Crippen LogP contribution in [0.15, 0.2) is 66.7 Å². The molecule has 0 fully saturated rings. The van der Waals surface area contributed by atoms with E-state index in [2.05, 4.69) is 29.2 Å². The minimum Gasteiger partial charge on any atom is -0.466 e. The van der Waals surface area contributed by atoms with Crippen molar-refractivity contribution in [3.05, 3.63) is 89.2 Å². The summed E-state index contributed by atoms with van der Waals surface area (Å²) in [4.78, 5) is 28.8. The largest absolute Gasteiger partial charge is 0.466 e. The highest BCUT2D eigenvalue weighted by Crippen LogP contribution is 2.35. The summed E-state index contributed by atoms with van der Waals surface area (Å²) in [6.07, 6.45) is 1.81. The van der Waals surface area contributed by atoms with Gasteiger partial charge in [-0.3, -0.25) is 9.69 Å². The quantitative estimate of drug-likeness (QED) is 0.284. The number of carbonyl (C=O) groups excluding carboxylic acids is 2. The summed E-state index contributed by atoms with van der Waals surface area (Å²) in [5, 5.41) is 0. The number of hydrogen-bond acceptors (Lipinski definition) is 5. The fourth-order valence-electron chi connectivity index (χ4n) is 4.73. The minimum atomic E-state index is -0.715. The molecule has 0 bridgehead atoms. The third-order valence-corrected chi connectivity index (χ3v) is 6.54. The first-order valence-corrected chi connectivity index (χ1v) is 13.5. The fourth-order valence-corrected chi connectivity index (χ4v) is 4.73. The Morgan fingerprint density at radius 1 is 1.03 bits per heavy atom. The maximum Gasteiger partial charge on any atom is 0.415 e. The van der Waals surface area contributed by atoms with Crippen molar-refractivity contribution in [2.24, 2.45) is 0 Å². The Balaban J connectivity index is 1.62. The lowest BCUT2D eigenvalue weighted by molar-refractivity contribution is -0.143. The summed E-state index contributed by atoms with van der Waals surface area (Å²) in [7, 11) is 0. The molecule has 39 heavy (non-hydrogen) atoms. The highest BCUT2D eigenvalue weighted by molar-refractivity contribution is 5.88. The zero-order valence-electron chi connectivity index (χ0n) is 23.2. The van der Waals surface area contributed by atoms with Crippen molar-refractivity contribution >= 4 is 29.1 Å². The number of carbonyl (C=O) groups is 2. The lowest BCUT2D eigenvalue weighted by Crippen LogP contribution is -2.36. The van der Waals surface area contributed by atoms with Gasteiger partial charge in [0.1, 0.15) is 11.4 Å². The Labute approximate surface area is 230 Å². The Hall–Kier alpha value is -3.87. The lowest BCUT2D eigenvalue weighted by Gasteiger charge is -2.32. The maximum absolute atomic E-state index is 15.1. The second-order valence-electron chi connectivity index (χ2n) is 10.7. The number of fused-ring (bicyclic) bond motifs is 1. The number of ether oxygens (including phenoxy) is 2. The van der Waals surface area contributed by atoms with Gasteiger partial charge in [-0.2, -0.15) is 0 Å². The molecule has 0 spiro atoms. The summed E-state index contributed by atoms with van der Waals surface area (Å²) in [6, 6.07) is 21.2. The van der Waals surface area contributed by atoms with Crippen molar-refractivity contribution in [2.75, 3.05) is 23.0 Å². The smallest absolute Gasteiger partial charge is 0.415 e. The van der Waals surface area contributed by atoms with Gasteiger partial charge < -0.3 is 14.4 Å². The molecular weight excluding hydrogens is 495 g/mol.